The summed E-state index contributed by atoms with van der Waals surface area (Å²) in [5.41, 5.74) is 9.27. The minimum atomic E-state index is -0.650. The summed E-state index contributed by atoms with van der Waals surface area (Å²) in [6, 6.07) is 11.9. The molecule has 3 rings (SSSR count). The average Bonchev–Trinajstić information content (AvgIpc) is 2.65. The minimum absolute atomic E-state index is 0. The van der Waals surface area contributed by atoms with Crippen molar-refractivity contribution in [1.29, 1.82) is 0 Å². The molecule has 1 aliphatic rings. The SMILES string of the molecule is CC(C)C(NC(=O)c1ccccc1Cl)C(=O)NC1CCCc2cc(N)ccc21.Cl. The quantitative estimate of drug-likeness (QED) is 0.612. The molecule has 2 aromatic carbocycles. The number of amides is 2. The van der Waals surface area contributed by atoms with E-state index in [1.165, 1.54) is 5.56 Å². The van der Waals surface area contributed by atoms with Crippen molar-refractivity contribution < 1.29 is 9.59 Å². The van der Waals surface area contributed by atoms with Gasteiger partial charge in [0.05, 0.1) is 16.6 Å². The molecule has 2 unspecified atom stereocenters. The largest absolute Gasteiger partial charge is 0.399 e. The molecule has 2 atom stereocenters. The predicted molar refractivity (Wildman–Crippen MR) is 119 cm³/mol. The van der Waals surface area contributed by atoms with E-state index in [-0.39, 0.29) is 36.2 Å². The van der Waals surface area contributed by atoms with Gasteiger partial charge in [0.25, 0.3) is 5.91 Å². The Morgan fingerprint density at radius 3 is 2.59 bits per heavy atom. The van der Waals surface area contributed by atoms with Crippen LogP contribution in [-0.4, -0.2) is 17.9 Å². The Bertz CT molecular complexity index is 886. The maximum atomic E-state index is 13.0. The van der Waals surface area contributed by atoms with Gasteiger partial charge in [-0.2, -0.15) is 0 Å². The third kappa shape index (κ3) is 5.43. The first kappa shape index (κ1) is 23.0. The molecule has 2 aromatic rings. The molecule has 7 heteroatoms. The molecule has 0 bridgehead atoms. The highest BCUT2D eigenvalue weighted by molar-refractivity contribution is 6.33. The second kappa shape index (κ2) is 9.99. The maximum absolute atomic E-state index is 13.0. The van der Waals surface area contributed by atoms with Crippen molar-refractivity contribution in [2.24, 2.45) is 5.92 Å². The van der Waals surface area contributed by atoms with Crippen LogP contribution >= 0.6 is 24.0 Å². The summed E-state index contributed by atoms with van der Waals surface area (Å²) in [5.74, 6) is -0.609. The molecule has 0 aromatic heterocycles. The number of carbonyl (C=O) groups excluding carboxylic acids is 2. The van der Waals surface area contributed by atoms with Crippen LogP contribution in [-0.2, 0) is 11.2 Å². The Morgan fingerprint density at radius 2 is 1.90 bits per heavy atom. The van der Waals surface area contributed by atoms with Gasteiger partial charge >= 0.3 is 0 Å². The topological polar surface area (TPSA) is 84.2 Å². The van der Waals surface area contributed by atoms with Crippen molar-refractivity contribution in [3.63, 3.8) is 0 Å². The van der Waals surface area contributed by atoms with Gasteiger partial charge in [-0.25, -0.2) is 0 Å². The predicted octanol–water partition coefficient (Wildman–Crippen LogP) is 4.29. The van der Waals surface area contributed by atoms with Crippen LogP contribution in [0.5, 0.6) is 0 Å². The van der Waals surface area contributed by atoms with Gasteiger partial charge in [-0.05, 0) is 60.6 Å². The zero-order valence-electron chi connectivity index (χ0n) is 16.6. The molecule has 1 aliphatic carbocycles. The molecular weight excluding hydrogens is 409 g/mol. The lowest BCUT2D eigenvalue weighted by Gasteiger charge is -2.29. The minimum Gasteiger partial charge on any atom is -0.399 e. The molecule has 0 heterocycles. The van der Waals surface area contributed by atoms with Crippen molar-refractivity contribution >= 4 is 41.5 Å². The maximum Gasteiger partial charge on any atom is 0.253 e. The first-order valence-electron chi connectivity index (χ1n) is 9.61. The van der Waals surface area contributed by atoms with Crippen LogP contribution in [0.25, 0.3) is 0 Å². The Morgan fingerprint density at radius 1 is 1.17 bits per heavy atom. The molecule has 0 fully saturated rings. The molecular formula is C22H27Cl2N3O2. The number of fused-ring (bicyclic) bond motifs is 1. The average molecular weight is 436 g/mol. The van der Waals surface area contributed by atoms with Gasteiger partial charge in [-0.3, -0.25) is 9.59 Å². The molecule has 2 amide bonds. The number of nitrogens with one attached hydrogen (secondary N) is 2. The molecule has 0 aliphatic heterocycles. The van der Waals surface area contributed by atoms with E-state index >= 15 is 0 Å². The van der Waals surface area contributed by atoms with E-state index < -0.39 is 6.04 Å². The lowest BCUT2D eigenvalue weighted by Crippen LogP contribution is -2.50. The number of benzene rings is 2. The summed E-state index contributed by atoms with van der Waals surface area (Å²) in [6.45, 7) is 3.82. The third-order valence-corrected chi connectivity index (χ3v) is 5.48. The highest BCUT2D eigenvalue weighted by Gasteiger charge is 2.29. The fraction of sp³-hybridized carbons (Fsp3) is 0.364. The fourth-order valence-electron chi connectivity index (χ4n) is 3.64. The molecule has 0 spiro atoms. The number of hydrogen-bond donors (Lipinski definition) is 3. The van der Waals surface area contributed by atoms with Crippen LogP contribution in [0.1, 0.15) is 54.2 Å². The summed E-state index contributed by atoms with van der Waals surface area (Å²) in [4.78, 5) is 25.6. The zero-order chi connectivity index (χ0) is 20.3. The molecule has 0 saturated heterocycles. The summed E-state index contributed by atoms with van der Waals surface area (Å²) >= 11 is 6.11. The number of halogens is 2. The second-order valence-electron chi connectivity index (χ2n) is 7.59. The van der Waals surface area contributed by atoms with Gasteiger partial charge in [-0.1, -0.05) is 43.6 Å². The summed E-state index contributed by atoms with van der Waals surface area (Å²) in [7, 11) is 0. The Kier molecular flexibility index (Phi) is 7.94. The van der Waals surface area contributed by atoms with Crippen molar-refractivity contribution in [3.05, 3.63) is 64.2 Å². The van der Waals surface area contributed by atoms with E-state index in [4.69, 9.17) is 17.3 Å². The number of carbonyl (C=O) groups is 2. The van der Waals surface area contributed by atoms with E-state index in [1.807, 2.05) is 32.0 Å². The van der Waals surface area contributed by atoms with E-state index in [2.05, 4.69) is 10.6 Å². The number of aryl methyl sites for hydroxylation is 1. The van der Waals surface area contributed by atoms with Crippen LogP contribution in [0.4, 0.5) is 5.69 Å². The monoisotopic (exact) mass is 435 g/mol. The van der Waals surface area contributed by atoms with Crippen LogP contribution in [0.2, 0.25) is 5.02 Å². The van der Waals surface area contributed by atoms with Gasteiger partial charge in [0.2, 0.25) is 5.91 Å². The normalized spacial score (nSPS) is 16.3. The highest BCUT2D eigenvalue weighted by Crippen LogP contribution is 2.31. The van der Waals surface area contributed by atoms with Gasteiger partial charge in [0, 0.05) is 5.69 Å². The smallest absolute Gasteiger partial charge is 0.253 e. The summed E-state index contributed by atoms with van der Waals surface area (Å²) in [6.07, 6.45) is 2.81. The third-order valence-electron chi connectivity index (χ3n) is 5.15. The molecule has 5 nitrogen and oxygen atoms in total. The standard InChI is InChI=1S/C22H26ClN3O2.ClH/c1-13(2)20(26-21(27)17-7-3-4-8-18(17)23)22(28)25-19-9-5-6-14-12-15(24)10-11-16(14)19;/h3-4,7-8,10-13,19-20H,5-6,9,24H2,1-2H3,(H,25,28)(H,26,27);1H. The number of hydrogen-bond acceptors (Lipinski definition) is 3. The van der Waals surface area contributed by atoms with E-state index in [9.17, 15) is 9.59 Å². The summed E-state index contributed by atoms with van der Waals surface area (Å²) in [5, 5.41) is 6.32. The van der Waals surface area contributed by atoms with E-state index in [0.717, 1.165) is 30.5 Å². The summed E-state index contributed by atoms with van der Waals surface area (Å²) < 4.78 is 0. The number of rotatable bonds is 5. The lowest BCUT2D eigenvalue weighted by molar-refractivity contribution is -0.124. The molecule has 156 valence electrons. The van der Waals surface area contributed by atoms with Crippen LogP contribution in [0.15, 0.2) is 42.5 Å². The molecule has 4 N–H and O–H groups in total. The zero-order valence-corrected chi connectivity index (χ0v) is 18.1. The van der Waals surface area contributed by atoms with Gasteiger partial charge in [0.1, 0.15) is 6.04 Å². The van der Waals surface area contributed by atoms with Gasteiger partial charge in [0.15, 0.2) is 0 Å². The number of anilines is 1. The number of nitrogen functional groups attached to an aromatic ring is 1. The van der Waals surface area contributed by atoms with Crippen molar-refractivity contribution in [2.45, 2.75) is 45.2 Å². The second-order valence-corrected chi connectivity index (χ2v) is 7.99. The molecule has 0 saturated carbocycles. The van der Waals surface area contributed by atoms with Crippen LogP contribution < -0.4 is 16.4 Å². The van der Waals surface area contributed by atoms with E-state index in [0.29, 0.717) is 10.6 Å². The highest BCUT2D eigenvalue weighted by atomic mass is 35.5. The van der Waals surface area contributed by atoms with Crippen LogP contribution in [0, 0.1) is 5.92 Å². The fourth-order valence-corrected chi connectivity index (χ4v) is 3.87. The Labute approximate surface area is 182 Å². The van der Waals surface area contributed by atoms with Crippen molar-refractivity contribution in [3.8, 4) is 0 Å². The van der Waals surface area contributed by atoms with Gasteiger partial charge < -0.3 is 16.4 Å². The van der Waals surface area contributed by atoms with Crippen molar-refractivity contribution in [2.75, 3.05) is 5.73 Å². The Balaban J connectivity index is 0.00000300. The molecule has 29 heavy (non-hydrogen) atoms. The lowest BCUT2D eigenvalue weighted by atomic mass is 9.87. The van der Waals surface area contributed by atoms with Gasteiger partial charge in [-0.15, -0.1) is 12.4 Å². The Hall–Kier alpha value is -2.24. The van der Waals surface area contributed by atoms with E-state index in [1.54, 1.807) is 24.3 Å². The number of nitrogens with two attached hydrogens (primary N) is 1. The van der Waals surface area contributed by atoms with Crippen molar-refractivity contribution in [1.82, 2.24) is 10.6 Å². The molecule has 0 radical (unpaired) electrons. The first-order valence-corrected chi connectivity index (χ1v) is 9.98. The van der Waals surface area contributed by atoms with Crippen LogP contribution in [0.3, 0.4) is 0 Å². The first-order chi connectivity index (χ1) is 13.4.